The molecule has 0 aromatic heterocycles. The molecule has 1 aromatic carbocycles. The van der Waals surface area contributed by atoms with Gasteiger partial charge in [-0.15, -0.1) is 0 Å². The third-order valence-corrected chi connectivity index (χ3v) is 7.51. The van der Waals surface area contributed by atoms with E-state index in [9.17, 15) is 22.0 Å². The summed E-state index contributed by atoms with van der Waals surface area (Å²) in [7, 11) is 0. The summed E-state index contributed by atoms with van der Waals surface area (Å²) >= 11 is 0. The maximum absolute atomic E-state index is 14.0. The molecule has 0 bridgehead atoms. The van der Waals surface area contributed by atoms with E-state index >= 15 is 0 Å². The number of hydrogen-bond acceptors (Lipinski definition) is 0. The molecule has 0 saturated heterocycles. The van der Waals surface area contributed by atoms with Crippen LogP contribution in [0.4, 0.5) is 22.0 Å². The van der Waals surface area contributed by atoms with Gasteiger partial charge in [0.1, 0.15) is 17.2 Å². The van der Waals surface area contributed by atoms with Crippen LogP contribution in [-0.2, 0) is 6.18 Å². The molecule has 2 fully saturated rings. The number of hydrogen-bond donors (Lipinski definition) is 0. The smallest absolute Gasteiger partial charge is 0.206 e. The van der Waals surface area contributed by atoms with Crippen LogP contribution in [0.2, 0.25) is 0 Å². The Bertz CT molecular complexity index is 697. The molecule has 0 aliphatic heterocycles. The van der Waals surface area contributed by atoms with E-state index in [0.717, 1.165) is 49.7 Å². The number of halogens is 5. The second-order valence-corrected chi connectivity index (χ2v) is 9.59. The van der Waals surface area contributed by atoms with E-state index in [1.54, 1.807) is 0 Å². The van der Waals surface area contributed by atoms with Crippen LogP contribution in [0.1, 0.15) is 101 Å². The van der Waals surface area contributed by atoms with Gasteiger partial charge in [0.05, 0.1) is 0 Å². The zero-order valence-electron chi connectivity index (χ0n) is 18.5. The molecule has 0 atom stereocenters. The van der Waals surface area contributed by atoms with E-state index in [2.05, 4.69) is 19.1 Å². The third kappa shape index (κ3) is 6.55. The molecule has 1 aromatic rings. The highest BCUT2D eigenvalue weighted by Crippen LogP contribution is 2.45. The summed E-state index contributed by atoms with van der Waals surface area (Å²) in [4.78, 5) is 0. The fourth-order valence-electron chi connectivity index (χ4n) is 5.71. The molecule has 3 rings (SSSR count). The Morgan fingerprint density at radius 2 is 1.32 bits per heavy atom. The summed E-state index contributed by atoms with van der Waals surface area (Å²) in [5, 5.41) is 0. The van der Waals surface area contributed by atoms with Crippen molar-refractivity contribution in [1.82, 2.24) is 0 Å². The topological polar surface area (TPSA) is 0 Å². The molecule has 2 aliphatic carbocycles. The van der Waals surface area contributed by atoms with Gasteiger partial charge in [-0.25, -0.2) is 8.78 Å². The number of unbranched alkanes of at least 4 members (excludes halogenated alkanes) is 1. The first-order valence-electron chi connectivity index (χ1n) is 12.0. The second-order valence-electron chi connectivity index (χ2n) is 9.59. The Morgan fingerprint density at radius 1 is 0.806 bits per heavy atom. The number of benzene rings is 1. The molecule has 2 aliphatic rings. The van der Waals surface area contributed by atoms with Crippen LogP contribution in [0.15, 0.2) is 24.3 Å². The van der Waals surface area contributed by atoms with Crippen molar-refractivity contribution in [3.8, 4) is 0 Å². The van der Waals surface area contributed by atoms with Crippen molar-refractivity contribution < 1.29 is 22.0 Å². The lowest BCUT2D eigenvalue weighted by Gasteiger charge is -2.38. The van der Waals surface area contributed by atoms with E-state index in [-0.39, 0.29) is 5.92 Å². The van der Waals surface area contributed by atoms with Gasteiger partial charge in [0, 0.05) is 0 Å². The molecule has 0 N–H and O–H groups in total. The summed E-state index contributed by atoms with van der Waals surface area (Å²) < 4.78 is 66.3. The molecule has 0 unspecified atom stereocenters. The maximum atomic E-state index is 14.0. The van der Waals surface area contributed by atoms with Gasteiger partial charge in [0.25, 0.3) is 0 Å². The predicted molar refractivity (Wildman–Crippen MR) is 115 cm³/mol. The normalized spacial score (nSPS) is 27.7. The van der Waals surface area contributed by atoms with E-state index in [4.69, 9.17) is 0 Å². The highest BCUT2D eigenvalue weighted by Gasteiger charge is 2.39. The van der Waals surface area contributed by atoms with Gasteiger partial charge < -0.3 is 0 Å². The first-order valence-corrected chi connectivity index (χ1v) is 12.0. The SMILES string of the molecule is CCC/C=C/CCC1CCC(C2CCC(c3cc(F)c(C(F)(F)F)c(F)c3)CC2)CC1. The minimum absolute atomic E-state index is 0.0474. The zero-order valence-corrected chi connectivity index (χ0v) is 18.5. The van der Waals surface area contributed by atoms with Crippen molar-refractivity contribution >= 4 is 0 Å². The largest absolute Gasteiger partial charge is 0.422 e. The molecule has 2 saturated carbocycles. The lowest BCUT2D eigenvalue weighted by molar-refractivity contribution is -0.142. The Morgan fingerprint density at radius 3 is 1.84 bits per heavy atom. The van der Waals surface area contributed by atoms with Crippen LogP contribution >= 0.6 is 0 Å². The molecule has 0 spiro atoms. The average molecular weight is 443 g/mol. The van der Waals surface area contributed by atoms with Gasteiger partial charge in [-0.1, -0.05) is 38.3 Å². The van der Waals surface area contributed by atoms with Crippen LogP contribution < -0.4 is 0 Å². The van der Waals surface area contributed by atoms with Crippen molar-refractivity contribution in [2.24, 2.45) is 17.8 Å². The van der Waals surface area contributed by atoms with Crippen molar-refractivity contribution in [2.75, 3.05) is 0 Å². The van der Waals surface area contributed by atoms with E-state index in [1.807, 2.05) is 0 Å². The van der Waals surface area contributed by atoms with Gasteiger partial charge in [0.15, 0.2) is 0 Å². The standard InChI is InChI=1S/C26H35F5/c1-2-3-4-5-6-7-18-8-10-19(11-9-18)20-12-14-21(15-13-20)22-16-23(27)25(24(28)17-22)26(29,30)31/h4-5,16-21H,2-3,6-15H2,1H3/b5-4+. The van der Waals surface area contributed by atoms with Gasteiger partial charge >= 0.3 is 6.18 Å². The summed E-state index contributed by atoms with van der Waals surface area (Å²) in [6.45, 7) is 2.19. The third-order valence-electron chi connectivity index (χ3n) is 7.51. The van der Waals surface area contributed by atoms with Gasteiger partial charge in [0.2, 0.25) is 0 Å². The monoisotopic (exact) mass is 442 g/mol. The highest BCUT2D eigenvalue weighted by atomic mass is 19.4. The summed E-state index contributed by atoms with van der Waals surface area (Å²) in [5.41, 5.74) is -1.40. The molecular weight excluding hydrogens is 407 g/mol. The maximum Gasteiger partial charge on any atom is 0.422 e. The Kier molecular flexibility index (Phi) is 8.58. The van der Waals surface area contributed by atoms with Crippen LogP contribution in [0.5, 0.6) is 0 Å². The highest BCUT2D eigenvalue weighted by molar-refractivity contribution is 5.30. The lowest BCUT2D eigenvalue weighted by atomic mass is 9.68. The molecule has 0 heterocycles. The molecule has 31 heavy (non-hydrogen) atoms. The number of rotatable bonds is 7. The molecule has 174 valence electrons. The Hall–Kier alpha value is -1.39. The first kappa shape index (κ1) is 24.3. The van der Waals surface area contributed by atoms with Crippen molar-refractivity contribution in [3.05, 3.63) is 47.0 Å². The van der Waals surface area contributed by atoms with Gasteiger partial charge in [-0.2, -0.15) is 13.2 Å². The van der Waals surface area contributed by atoms with Crippen LogP contribution in [0, 0.1) is 29.4 Å². The van der Waals surface area contributed by atoms with E-state index < -0.39 is 23.4 Å². The molecule has 0 amide bonds. The van der Waals surface area contributed by atoms with Crippen molar-refractivity contribution in [3.63, 3.8) is 0 Å². The number of allylic oxidation sites excluding steroid dienone is 2. The fraction of sp³-hybridized carbons (Fsp3) is 0.692. The van der Waals surface area contributed by atoms with Crippen LogP contribution in [0.25, 0.3) is 0 Å². The molecular formula is C26H35F5. The molecule has 0 radical (unpaired) electrons. The van der Waals surface area contributed by atoms with Crippen LogP contribution in [0.3, 0.4) is 0 Å². The Labute approximate surface area is 183 Å². The van der Waals surface area contributed by atoms with Crippen molar-refractivity contribution in [1.29, 1.82) is 0 Å². The zero-order chi connectivity index (χ0) is 22.4. The number of alkyl halides is 3. The van der Waals surface area contributed by atoms with Gasteiger partial charge in [-0.05, 0) is 99.2 Å². The summed E-state index contributed by atoms with van der Waals surface area (Å²) in [6, 6.07) is 1.80. The van der Waals surface area contributed by atoms with Crippen LogP contribution in [-0.4, -0.2) is 0 Å². The minimum Gasteiger partial charge on any atom is -0.206 e. The van der Waals surface area contributed by atoms with Crippen molar-refractivity contribution in [2.45, 2.75) is 96.1 Å². The first-order chi connectivity index (χ1) is 14.8. The van der Waals surface area contributed by atoms with Gasteiger partial charge in [-0.3, -0.25) is 0 Å². The molecule has 5 heteroatoms. The summed E-state index contributed by atoms with van der Waals surface area (Å²) in [6.07, 6.45) is 13.2. The lowest BCUT2D eigenvalue weighted by Crippen LogP contribution is -2.25. The minimum atomic E-state index is -5.00. The summed E-state index contributed by atoms with van der Waals surface area (Å²) in [5.74, 6) is -0.828. The Balaban J connectivity index is 1.46. The fourth-order valence-corrected chi connectivity index (χ4v) is 5.71. The quantitative estimate of drug-likeness (QED) is 0.292. The van der Waals surface area contributed by atoms with E-state index in [0.29, 0.717) is 11.5 Å². The average Bonchev–Trinajstić information content (AvgIpc) is 2.73. The second kappa shape index (κ2) is 11.0. The molecule has 0 nitrogen and oxygen atoms in total. The van der Waals surface area contributed by atoms with E-state index in [1.165, 1.54) is 51.4 Å². The predicted octanol–water partition coefficient (Wildman–Crippen LogP) is 9.20.